The van der Waals surface area contributed by atoms with Crippen molar-refractivity contribution in [1.82, 2.24) is 5.32 Å². The van der Waals surface area contributed by atoms with Crippen molar-refractivity contribution in [3.05, 3.63) is 0 Å². The zero-order valence-electron chi connectivity index (χ0n) is 9.12. The van der Waals surface area contributed by atoms with Gasteiger partial charge in [0, 0.05) is 0 Å². The van der Waals surface area contributed by atoms with Crippen molar-refractivity contribution in [1.29, 1.82) is 0 Å². The van der Waals surface area contributed by atoms with Gasteiger partial charge >= 0.3 is 5.97 Å². The van der Waals surface area contributed by atoms with Gasteiger partial charge in [-0.3, -0.25) is 4.79 Å². The summed E-state index contributed by atoms with van der Waals surface area (Å²) in [5, 5.41) is 2.69. The van der Waals surface area contributed by atoms with Crippen molar-refractivity contribution in [2.45, 2.75) is 38.0 Å². The SMILES string of the molecule is CCOC(=O)C(C)NC(=O)C1CCCS1. The van der Waals surface area contributed by atoms with Crippen molar-refractivity contribution in [3.8, 4) is 0 Å². The molecule has 1 heterocycles. The number of hydrogen-bond acceptors (Lipinski definition) is 4. The van der Waals surface area contributed by atoms with Gasteiger partial charge in [0.2, 0.25) is 5.91 Å². The Morgan fingerprint density at radius 2 is 2.33 bits per heavy atom. The van der Waals surface area contributed by atoms with Gasteiger partial charge in [-0.2, -0.15) is 0 Å². The Morgan fingerprint density at radius 3 is 2.87 bits per heavy atom. The molecule has 0 aromatic heterocycles. The second-order valence-corrected chi connectivity index (χ2v) is 4.79. The monoisotopic (exact) mass is 231 g/mol. The third-order valence-corrected chi connectivity index (χ3v) is 3.60. The fourth-order valence-corrected chi connectivity index (χ4v) is 2.59. The highest BCUT2D eigenvalue weighted by Crippen LogP contribution is 2.26. The minimum atomic E-state index is -0.543. The van der Waals surface area contributed by atoms with Gasteiger partial charge in [-0.15, -0.1) is 11.8 Å². The van der Waals surface area contributed by atoms with E-state index in [0.29, 0.717) is 6.61 Å². The molecular formula is C10H17NO3S. The lowest BCUT2D eigenvalue weighted by Crippen LogP contribution is -2.43. The first-order chi connectivity index (χ1) is 7.15. The number of amides is 1. The van der Waals surface area contributed by atoms with E-state index in [1.807, 2.05) is 0 Å². The summed E-state index contributed by atoms with van der Waals surface area (Å²) in [5.41, 5.74) is 0. The molecule has 1 N–H and O–H groups in total. The van der Waals surface area contributed by atoms with Crippen LogP contribution in [0.5, 0.6) is 0 Å². The number of thioether (sulfide) groups is 1. The minimum Gasteiger partial charge on any atom is -0.464 e. The van der Waals surface area contributed by atoms with E-state index in [2.05, 4.69) is 5.32 Å². The van der Waals surface area contributed by atoms with Crippen molar-refractivity contribution in [2.75, 3.05) is 12.4 Å². The molecule has 0 bridgehead atoms. The normalized spacial score (nSPS) is 22.1. The van der Waals surface area contributed by atoms with Crippen molar-refractivity contribution in [3.63, 3.8) is 0 Å². The van der Waals surface area contributed by atoms with Crippen LogP contribution in [0.1, 0.15) is 26.7 Å². The number of ether oxygens (including phenoxy) is 1. The molecule has 4 nitrogen and oxygen atoms in total. The van der Waals surface area contributed by atoms with Crippen LogP contribution in [-0.4, -0.2) is 35.5 Å². The summed E-state index contributed by atoms with van der Waals surface area (Å²) >= 11 is 1.65. The van der Waals surface area contributed by atoms with Gasteiger partial charge in [0.25, 0.3) is 0 Å². The Bertz CT molecular complexity index is 239. The number of carbonyl (C=O) groups is 2. The molecule has 0 saturated carbocycles. The molecule has 2 atom stereocenters. The van der Waals surface area contributed by atoms with E-state index in [0.717, 1.165) is 18.6 Å². The Balaban J connectivity index is 2.33. The fraction of sp³-hybridized carbons (Fsp3) is 0.800. The summed E-state index contributed by atoms with van der Waals surface area (Å²) < 4.78 is 4.81. The second-order valence-electron chi connectivity index (χ2n) is 3.48. The molecule has 1 saturated heterocycles. The van der Waals surface area contributed by atoms with E-state index in [9.17, 15) is 9.59 Å². The lowest BCUT2D eigenvalue weighted by molar-refractivity contribution is -0.146. The third-order valence-electron chi connectivity index (χ3n) is 2.22. The van der Waals surface area contributed by atoms with Gasteiger partial charge < -0.3 is 10.1 Å². The number of hydrogen-bond donors (Lipinski definition) is 1. The van der Waals surface area contributed by atoms with Crippen molar-refractivity contribution >= 4 is 23.6 Å². The van der Waals surface area contributed by atoms with Gasteiger partial charge in [0.05, 0.1) is 11.9 Å². The maximum atomic E-state index is 11.6. The summed E-state index contributed by atoms with van der Waals surface area (Å²) in [6.07, 6.45) is 1.99. The van der Waals surface area contributed by atoms with E-state index >= 15 is 0 Å². The topological polar surface area (TPSA) is 55.4 Å². The van der Waals surface area contributed by atoms with Crippen LogP contribution >= 0.6 is 11.8 Å². The van der Waals surface area contributed by atoms with E-state index in [1.165, 1.54) is 0 Å². The second kappa shape index (κ2) is 6.00. The molecule has 2 unspecified atom stereocenters. The van der Waals surface area contributed by atoms with Crippen LogP contribution in [0.3, 0.4) is 0 Å². The molecule has 1 amide bonds. The number of nitrogens with one attached hydrogen (secondary N) is 1. The zero-order valence-corrected chi connectivity index (χ0v) is 9.93. The Kier molecular flexibility index (Phi) is 4.94. The molecule has 1 aliphatic heterocycles. The maximum absolute atomic E-state index is 11.6. The first-order valence-corrected chi connectivity index (χ1v) is 6.28. The highest BCUT2D eigenvalue weighted by Gasteiger charge is 2.26. The molecule has 0 aromatic carbocycles. The zero-order chi connectivity index (χ0) is 11.3. The lowest BCUT2D eigenvalue weighted by atomic mass is 10.2. The van der Waals surface area contributed by atoms with Crippen LogP contribution < -0.4 is 5.32 Å². The Morgan fingerprint density at radius 1 is 1.60 bits per heavy atom. The van der Waals surface area contributed by atoms with Crippen LogP contribution in [0.2, 0.25) is 0 Å². The van der Waals surface area contributed by atoms with Gasteiger partial charge in [-0.05, 0) is 32.4 Å². The summed E-state index contributed by atoms with van der Waals surface area (Å²) in [5.74, 6) is 0.623. The van der Waals surface area contributed by atoms with Crippen LogP contribution in [0.4, 0.5) is 0 Å². The van der Waals surface area contributed by atoms with Gasteiger partial charge in [0.15, 0.2) is 0 Å². The summed E-state index contributed by atoms with van der Waals surface area (Å²) in [4.78, 5) is 22.9. The molecule has 0 radical (unpaired) electrons. The average molecular weight is 231 g/mol. The molecule has 1 fully saturated rings. The first kappa shape index (κ1) is 12.4. The molecule has 15 heavy (non-hydrogen) atoms. The smallest absolute Gasteiger partial charge is 0.328 e. The lowest BCUT2D eigenvalue weighted by Gasteiger charge is -2.15. The molecule has 86 valence electrons. The highest BCUT2D eigenvalue weighted by molar-refractivity contribution is 8.00. The van der Waals surface area contributed by atoms with Gasteiger partial charge in [0.1, 0.15) is 6.04 Å². The first-order valence-electron chi connectivity index (χ1n) is 5.23. The number of carbonyl (C=O) groups excluding carboxylic acids is 2. The molecule has 5 heteroatoms. The third kappa shape index (κ3) is 3.74. The summed E-state index contributed by atoms with van der Waals surface area (Å²) in [6.45, 7) is 3.74. The van der Waals surface area contributed by atoms with Crippen LogP contribution in [0.15, 0.2) is 0 Å². The predicted molar refractivity (Wildman–Crippen MR) is 59.7 cm³/mol. The van der Waals surface area contributed by atoms with Crippen molar-refractivity contribution in [2.24, 2.45) is 0 Å². The van der Waals surface area contributed by atoms with Gasteiger partial charge in [-0.25, -0.2) is 4.79 Å². The molecular weight excluding hydrogens is 214 g/mol. The van der Waals surface area contributed by atoms with E-state index in [1.54, 1.807) is 25.6 Å². The Labute approximate surface area is 94.1 Å². The summed E-state index contributed by atoms with van der Waals surface area (Å²) in [7, 11) is 0. The molecule has 0 aliphatic carbocycles. The maximum Gasteiger partial charge on any atom is 0.328 e. The summed E-state index contributed by atoms with van der Waals surface area (Å²) in [6, 6.07) is -0.543. The quantitative estimate of drug-likeness (QED) is 0.732. The molecule has 0 spiro atoms. The number of rotatable bonds is 4. The standard InChI is InChI=1S/C10H17NO3S/c1-3-14-10(13)7(2)11-9(12)8-5-4-6-15-8/h7-8H,3-6H2,1-2H3,(H,11,12). The molecule has 1 aliphatic rings. The molecule has 0 aromatic rings. The van der Waals surface area contributed by atoms with E-state index in [4.69, 9.17) is 4.74 Å². The van der Waals surface area contributed by atoms with E-state index in [-0.39, 0.29) is 17.1 Å². The fourth-order valence-electron chi connectivity index (χ4n) is 1.42. The largest absolute Gasteiger partial charge is 0.464 e. The van der Waals surface area contributed by atoms with Crippen LogP contribution in [0.25, 0.3) is 0 Å². The minimum absolute atomic E-state index is 0.0156. The van der Waals surface area contributed by atoms with E-state index < -0.39 is 6.04 Å². The number of esters is 1. The predicted octanol–water partition coefficient (Wildman–Crippen LogP) is 0.950. The highest BCUT2D eigenvalue weighted by atomic mass is 32.2. The van der Waals surface area contributed by atoms with Gasteiger partial charge in [-0.1, -0.05) is 0 Å². The van der Waals surface area contributed by atoms with Crippen LogP contribution in [0, 0.1) is 0 Å². The Hall–Kier alpha value is -0.710. The molecule has 1 rings (SSSR count). The average Bonchev–Trinajstić information content (AvgIpc) is 2.70. The van der Waals surface area contributed by atoms with Crippen molar-refractivity contribution < 1.29 is 14.3 Å². The van der Waals surface area contributed by atoms with Crippen LogP contribution in [-0.2, 0) is 14.3 Å².